The molecular formula is C31H42N6O4S. The van der Waals surface area contributed by atoms with Gasteiger partial charge in [-0.2, -0.15) is 0 Å². The van der Waals surface area contributed by atoms with Crippen LogP contribution in [0.5, 0.6) is 0 Å². The molecule has 3 aliphatic rings. The molecule has 226 valence electrons. The van der Waals surface area contributed by atoms with Crippen molar-refractivity contribution in [1.29, 1.82) is 0 Å². The Labute approximate surface area is 251 Å². The number of benzene rings is 1. The number of amides is 3. The van der Waals surface area contributed by atoms with Crippen molar-refractivity contribution in [3.05, 3.63) is 49.6 Å². The maximum atomic E-state index is 14.8. The number of para-hydroxylation sites is 1. The molecular weight excluding hydrogens is 552 g/mol. The van der Waals surface area contributed by atoms with Crippen LogP contribution in [0.25, 0.3) is 11.0 Å². The fourth-order valence-electron chi connectivity index (χ4n) is 7.49. The van der Waals surface area contributed by atoms with E-state index in [1.165, 1.54) is 0 Å². The van der Waals surface area contributed by atoms with Crippen molar-refractivity contribution in [2.45, 2.75) is 68.8 Å². The number of aromatic nitrogens is 3. The average Bonchev–Trinajstić information content (AvgIpc) is 3.71. The second kappa shape index (κ2) is 12.2. The SMILES string of the molecule is C=CCN(Cn1nnc2ccccc21)C(=O)C1N([C@@H](CC)CO)C(=O)[C@@H]2[C@@H](C(=O)N(CC=C)CCC)[C@H]3CC(C)C12S3. The van der Waals surface area contributed by atoms with Crippen molar-refractivity contribution >= 4 is 40.5 Å². The van der Waals surface area contributed by atoms with Crippen LogP contribution in [0.4, 0.5) is 0 Å². The van der Waals surface area contributed by atoms with Gasteiger partial charge >= 0.3 is 0 Å². The molecule has 1 N–H and O–H groups in total. The Bertz CT molecular complexity index is 1360. The molecule has 1 spiro atoms. The average molecular weight is 595 g/mol. The Balaban J connectivity index is 1.57. The molecule has 7 atom stereocenters. The van der Waals surface area contributed by atoms with Crippen LogP contribution in [0.1, 0.15) is 40.0 Å². The second-order valence-corrected chi connectivity index (χ2v) is 13.2. The van der Waals surface area contributed by atoms with Crippen LogP contribution in [-0.2, 0) is 21.1 Å². The van der Waals surface area contributed by atoms with Crippen molar-refractivity contribution in [1.82, 2.24) is 29.7 Å². The van der Waals surface area contributed by atoms with E-state index in [-0.39, 0.29) is 48.7 Å². The number of fused-ring (bicyclic) bond motifs is 2. The molecule has 3 amide bonds. The smallest absolute Gasteiger partial charge is 0.248 e. The molecule has 3 unspecified atom stereocenters. The highest BCUT2D eigenvalue weighted by atomic mass is 32.2. The highest BCUT2D eigenvalue weighted by Gasteiger charge is 2.76. The maximum absolute atomic E-state index is 14.8. The lowest BCUT2D eigenvalue weighted by Crippen LogP contribution is -2.59. The van der Waals surface area contributed by atoms with E-state index >= 15 is 0 Å². The lowest BCUT2D eigenvalue weighted by molar-refractivity contribution is -0.147. The zero-order chi connectivity index (χ0) is 30.2. The summed E-state index contributed by atoms with van der Waals surface area (Å²) < 4.78 is 0.904. The van der Waals surface area contributed by atoms with E-state index in [9.17, 15) is 19.5 Å². The van der Waals surface area contributed by atoms with Crippen LogP contribution >= 0.6 is 11.8 Å². The number of hydrogen-bond acceptors (Lipinski definition) is 7. The monoisotopic (exact) mass is 594 g/mol. The molecule has 0 saturated carbocycles. The Morgan fingerprint density at radius 3 is 2.57 bits per heavy atom. The number of carbonyl (C=O) groups excluding carboxylic acids is 3. The van der Waals surface area contributed by atoms with Crippen LogP contribution in [-0.4, -0.2) is 101 Å². The number of carbonyl (C=O) groups is 3. The van der Waals surface area contributed by atoms with E-state index in [4.69, 9.17) is 0 Å². The first-order chi connectivity index (χ1) is 20.3. The molecule has 3 fully saturated rings. The summed E-state index contributed by atoms with van der Waals surface area (Å²) >= 11 is 1.65. The van der Waals surface area contributed by atoms with Gasteiger partial charge in [0.05, 0.1) is 34.7 Å². The van der Waals surface area contributed by atoms with E-state index in [0.717, 1.165) is 23.9 Å². The molecule has 3 aliphatic heterocycles. The third-order valence-electron chi connectivity index (χ3n) is 9.32. The van der Waals surface area contributed by atoms with Gasteiger partial charge in [0, 0.05) is 24.9 Å². The van der Waals surface area contributed by atoms with Gasteiger partial charge in [-0.25, -0.2) is 4.68 Å². The van der Waals surface area contributed by atoms with E-state index in [2.05, 4.69) is 30.4 Å². The molecule has 1 aromatic heterocycles. The first-order valence-corrected chi connectivity index (χ1v) is 15.8. The van der Waals surface area contributed by atoms with E-state index < -0.39 is 28.7 Å². The molecule has 0 radical (unpaired) electrons. The maximum Gasteiger partial charge on any atom is 0.248 e. The van der Waals surface area contributed by atoms with E-state index in [0.29, 0.717) is 19.5 Å². The Hall–Kier alpha value is -3.18. The quantitative estimate of drug-likeness (QED) is 0.355. The summed E-state index contributed by atoms with van der Waals surface area (Å²) in [5.41, 5.74) is 1.52. The van der Waals surface area contributed by atoms with E-state index in [1.54, 1.807) is 43.3 Å². The predicted molar refractivity (Wildman–Crippen MR) is 163 cm³/mol. The van der Waals surface area contributed by atoms with Crippen molar-refractivity contribution in [3.8, 4) is 0 Å². The summed E-state index contributed by atoms with van der Waals surface area (Å²) in [6.45, 7) is 14.9. The lowest BCUT2D eigenvalue weighted by Gasteiger charge is -2.42. The highest BCUT2D eigenvalue weighted by molar-refractivity contribution is 8.02. The number of rotatable bonds is 13. The van der Waals surface area contributed by atoms with Crippen molar-refractivity contribution < 1.29 is 19.5 Å². The minimum atomic E-state index is -0.830. The van der Waals surface area contributed by atoms with Crippen molar-refractivity contribution in [2.24, 2.45) is 17.8 Å². The van der Waals surface area contributed by atoms with Gasteiger partial charge in [-0.15, -0.1) is 30.0 Å². The zero-order valence-electron chi connectivity index (χ0n) is 24.8. The number of thioether (sulfide) groups is 1. The van der Waals surface area contributed by atoms with Crippen molar-refractivity contribution in [3.63, 3.8) is 0 Å². The van der Waals surface area contributed by atoms with Crippen LogP contribution in [0.3, 0.4) is 0 Å². The fourth-order valence-corrected chi connectivity index (χ4v) is 9.88. The van der Waals surface area contributed by atoms with Crippen LogP contribution in [0.15, 0.2) is 49.6 Å². The normalized spacial score (nSPS) is 28.6. The standard InChI is InChI=1S/C31H42N6O4S/c1-6-14-34(15-7-2)28(39)25-24-17-20(5)31(42-24)26(25)29(40)37(21(9-4)18-38)27(31)30(41)35(16-8-3)19-36-23-13-11-10-12-22(23)32-33-36/h6,8,10-13,20-21,24-27,38H,1,3,7,9,14-19H2,2,4-5H3/t20?,21-,24+,25-,26-,27?,31?/m0/s1. The summed E-state index contributed by atoms with van der Waals surface area (Å²) in [5, 5.41) is 18.9. The Kier molecular flexibility index (Phi) is 8.80. The molecule has 5 rings (SSSR count). The highest BCUT2D eigenvalue weighted by Crippen LogP contribution is 2.69. The van der Waals surface area contributed by atoms with Gasteiger partial charge in [0.25, 0.3) is 0 Å². The number of hydrogen-bond donors (Lipinski definition) is 1. The van der Waals surface area contributed by atoms with Gasteiger partial charge in [0.15, 0.2) is 0 Å². The minimum Gasteiger partial charge on any atom is -0.394 e. The molecule has 10 nitrogen and oxygen atoms in total. The summed E-state index contributed by atoms with van der Waals surface area (Å²) in [7, 11) is 0. The number of nitrogens with zero attached hydrogens (tertiary/aromatic N) is 6. The molecule has 2 aromatic rings. The van der Waals surface area contributed by atoms with Gasteiger partial charge in [0.2, 0.25) is 17.7 Å². The van der Waals surface area contributed by atoms with Crippen LogP contribution < -0.4 is 0 Å². The third-order valence-corrected chi connectivity index (χ3v) is 11.4. The lowest BCUT2D eigenvalue weighted by atomic mass is 9.65. The fraction of sp³-hybridized carbons (Fsp3) is 0.581. The molecule has 42 heavy (non-hydrogen) atoms. The second-order valence-electron chi connectivity index (χ2n) is 11.7. The first kappa shape index (κ1) is 30.3. The first-order valence-electron chi connectivity index (χ1n) is 15.0. The number of aliphatic hydroxyl groups is 1. The van der Waals surface area contributed by atoms with Gasteiger partial charge in [-0.1, -0.05) is 50.3 Å². The Morgan fingerprint density at radius 1 is 1.19 bits per heavy atom. The van der Waals surface area contributed by atoms with Crippen LogP contribution in [0.2, 0.25) is 0 Å². The molecule has 4 heterocycles. The molecule has 11 heteroatoms. The van der Waals surface area contributed by atoms with Gasteiger partial charge in [-0.3, -0.25) is 14.4 Å². The molecule has 3 saturated heterocycles. The summed E-state index contributed by atoms with van der Waals surface area (Å²) in [6, 6.07) is 6.20. The molecule has 1 aromatic carbocycles. The largest absolute Gasteiger partial charge is 0.394 e. The topological polar surface area (TPSA) is 112 Å². The van der Waals surface area contributed by atoms with E-state index in [1.807, 2.05) is 38.1 Å². The van der Waals surface area contributed by atoms with Gasteiger partial charge in [0.1, 0.15) is 18.2 Å². The zero-order valence-corrected chi connectivity index (χ0v) is 25.6. The minimum absolute atomic E-state index is 0.0254. The summed E-state index contributed by atoms with van der Waals surface area (Å²) in [4.78, 5) is 48.5. The summed E-state index contributed by atoms with van der Waals surface area (Å²) in [6.07, 6.45) is 5.43. The van der Waals surface area contributed by atoms with Crippen molar-refractivity contribution in [2.75, 3.05) is 26.2 Å². The Morgan fingerprint density at radius 2 is 1.90 bits per heavy atom. The number of likely N-dealkylation sites (tertiary alicyclic amines) is 1. The van der Waals surface area contributed by atoms with Gasteiger partial charge in [-0.05, 0) is 37.3 Å². The number of aliphatic hydroxyl groups excluding tert-OH is 1. The summed E-state index contributed by atoms with van der Waals surface area (Å²) in [5.74, 6) is -1.59. The third kappa shape index (κ3) is 4.65. The van der Waals surface area contributed by atoms with Gasteiger partial charge < -0.3 is 19.8 Å². The predicted octanol–water partition coefficient (Wildman–Crippen LogP) is 2.94. The molecule has 0 aliphatic carbocycles. The molecule has 2 bridgehead atoms. The van der Waals surface area contributed by atoms with Crippen LogP contribution in [0, 0.1) is 17.8 Å².